The number of nitrogens with one attached hydrogen (secondary N) is 1. The van der Waals surface area contributed by atoms with E-state index >= 15 is 0 Å². The SMILES string of the molecule is CCOc1ccc(C(=O)NCC(c2ccco2)N2CCN(c3ccc(OC)cc3)CC2)cc1OCC. The molecule has 0 spiro atoms. The molecule has 1 aliphatic rings. The van der Waals surface area contributed by atoms with E-state index in [1.54, 1.807) is 31.6 Å². The number of hydrogen-bond donors (Lipinski definition) is 1. The second kappa shape index (κ2) is 12.4. The summed E-state index contributed by atoms with van der Waals surface area (Å²) in [5, 5.41) is 3.10. The van der Waals surface area contributed by atoms with Gasteiger partial charge in [0.05, 0.1) is 32.6 Å². The Morgan fingerprint density at radius 2 is 1.69 bits per heavy atom. The Bertz CT molecular complexity index is 1090. The van der Waals surface area contributed by atoms with Crippen LogP contribution in [0.2, 0.25) is 0 Å². The Kier molecular flexibility index (Phi) is 8.73. The number of piperazine rings is 1. The molecule has 192 valence electrons. The van der Waals surface area contributed by atoms with Gasteiger partial charge < -0.3 is 28.8 Å². The topological polar surface area (TPSA) is 76.4 Å². The fourth-order valence-corrected chi connectivity index (χ4v) is 4.46. The maximum Gasteiger partial charge on any atom is 0.251 e. The number of amides is 1. The lowest BCUT2D eigenvalue weighted by Gasteiger charge is -2.39. The predicted molar refractivity (Wildman–Crippen MR) is 139 cm³/mol. The highest BCUT2D eigenvalue weighted by Gasteiger charge is 2.27. The van der Waals surface area contributed by atoms with Gasteiger partial charge in [0, 0.05) is 44.0 Å². The number of carbonyl (C=O) groups is 1. The van der Waals surface area contributed by atoms with Crippen molar-refractivity contribution < 1.29 is 23.4 Å². The molecular formula is C28H35N3O5. The lowest BCUT2D eigenvalue weighted by atomic mass is 10.1. The summed E-state index contributed by atoms with van der Waals surface area (Å²) in [7, 11) is 1.68. The summed E-state index contributed by atoms with van der Waals surface area (Å²) >= 11 is 0. The van der Waals surface area contributed by atoms with Crippen molar-refractivity contribution in [1.29, 1.82) is 0 Å². The van der Waals surface area contributed by atoms with E-state index in [1.807, 2.05) is 38.1 Å². The fourth-order valence-electron chi connectivity index (χ4n) is 4.46. The first-order chi connectivity index (χ1) is 17.6. The van der Waals surface area contributed by atoms with Gasteiger partial charge >= 0.3 is 0 Å². The van der Waals surface area contributed by atoms with Gasteiger partial charge in [-0.2, -0.15) is 0 Å². The zero-order chi connectivity index (χ0) is 25.3. The number of rotatable bonds is 11. The van der Waals surface area contributed by atoms with Crippen molar-refractivity contribution in [2.75, 3.05) is 57.9 Å². The smallest absolute Gasteiger partial charge is 0.251 e. The molecule has 8 heteroatoms. The Morgan fingerprint density at radius 1 is 0.972 bits per heavy atom. The van der Waals surface area contributed by atoms with Crippen LogP contribution in [0, 0.1) is 0 Å². The minimum atomic E-state index is -0.160. The number of methoxy groups -OCH3 is 1. The van der Waals surface area contributed by atoms with E-state index in [0.29, 0.717) is 36.8 Å². The van der Waals surface area contributed by atoms with Crippen LogP contribution < -0.4 is 24.4 Å². The Morgan fingerprint density at radius 3 is 2.33 bits per heavy atom. The number of benzene rings is 2. The first-order valence-corrected chi connectivity index (χ1v) is 12.5. The second-order valence-corrected chi connectivity index (χ2v) is 8.49. The molecule has 3 aromatic rings. The Balaban J connectivity index is 1.40. The molecule has 1 unspecified atom stereocenters. The first-order valence-electron chi connectivity index (χ1n) is 12.5. The van der Waals surface area contributed by atoms with E-state index in [1.165, 1.54) is 5.69 Å². The normalized spacial score (nSPS) is 14.8. The summed E-state index contributed by atoms with van der Waals surface area (Å²) in [5.74, 6) is 2.75. The van der Waals surface area contributed by atoms with E-state index < -0.39 is 0 Å². The second-order valence-electron chi connectivity index (χ2n) is 8.49. The third kappa shape index (κ3) is 6.12. The molecule has 2 aromatic carbocycles. The molecule has 1 saturated heterocycles. The van der Waals surface area contributed by atoms with Crippen molar-refractivity contribution in [1.82, 2.24) is 10.2 Å². The molecular weight excluding hydrogens is 458 g/mol. The molecule has 1 aliphatic heterocycles. The highest BCUT2D eigenvalue weighted by atomic mass is 16.5. The first kappa shape index (κ1) is 25.4. The predicted octanol–water partition coefficient (Wildman–Crippen LogP) is 4.38. The zero-order valence-electron chi connectivity index (χ0n) is 21.2. The fraction of sp³-hybridized carbons (Fsp3) is 0.393. The molecule has 0 saturated carbocycles. The van der Waals surface area contributed by atoms with Crippen molar-refractivity contribution in [2.45, 2.75) is 19.9 Å². The van der Waals surface area contributed by atoms with Gasteiger partial charge in [0.25, 0.3) is 5.91 Å². The summed E-state index contributed by atoms with van der Waals surface area (Å²) in [5.41, 5.74) is 1.71. The summed E-state index contributed by atoms with van der Waals surface area (Å²) in [6.45, 7) is 8.76. The van der Waals surface area contributed by atoms with Crippen molar-refractivity contribution in [3.63, 3.8) is 0 Å². The maximum atomic E-state index is 13.0. The highest BCUT2D eigenvalue weighted by Crippen LogP contribution is 2.29. The van der Waals surface area contributed by atoms with Crippen LogP contribution in [-0.4, -0.2) is 63.9 Å². The molecule has 8 nitrogen and oxygen atoms in total. The van der Waals surface area contributed by atoms with Crippen LogP contribution in [-0.2, 0) is 0 Å². The molecule has 1 N–H and O–H groups in total. The maximum absolute atomic E-state index is 13.0. The van der Waals surface area contributed by atoms with Gasteiger partial charge in [-0.3, -0.25) is 9.69 Å². The van der Waals surface area contributed by atoms with E-state index in [-0.39, 0.29) is 11.9 Å². The Labute approximate surface area is 212 Å². The molecule has 0 aliphatic carbocycles. The number of hydrogen-bond acceptors (Lipinski definition) is 7. The minimum absolute atomic E-state index is 0.0592. The van der Waals surface area contributed by atoms with Crippen LogP contribution in [0.15, 0.2) is 65.3 Å². The van der Waals surface area contributed by atoms with Crippen LogP contribution in [0.1, 0.15) is 36.0 Å². The molecule has 0 bridgehead atoms. The number of carbonyl (C=O) groups excluding carboxylic acids is 1. The molecule has 1 amide bonds. The summed E-state index contributed by atoms with van der Waals surface area (Å²) in [6, 6.07) is 17.2. The van der Waals surface area contributed by atoms with Gasteiger partial charge in [0.15, 0.2) is 11.5 Å². The van der Waals surface area contributed by atoms with E-state index in [4.69, 9.17) is 18.6 Å². The van der Waals surface area contributed by atoms with Crippen LogP contribution in [0.5, 0.6) is 17.2 Å². The van der Waals surface area contributed by atoms with Crippen molar-refractivity contribution in [3.8, 4) is 17.2 Å². The lowest BCUT2D eigenvalue weighted by molar-refractivity contribution is 0.0922. The quantitative estimate of drug-likeness (QED) is 0.425. The molecule has 4 rings (SSSR count). The average molecular weight is 494 g/mol. The van der Waals surface area contributed by atoms with Crippen LogP contribution in [0.25, 0.3) is 0 Å². The van der Waals surface area contributed by atoms with Crippen molar-refractivity contribution in [2.24, 2.45) is 0 Å². The van der Waals surface area contributed by atoms with Crippen LogP contribution >= 0.6 is 0 Å². The van der Waals surface area contributed by atoms with Gasteiger partial charge in [-0.1, -0.05) is 0 Å². The lowest BCUT2D eigenvalue weighted by Crippen LogP contribution is -2.49. The number of anilines is 1. The number of furan rings is 1. The monoisotopic (exact) mass is 493 g/mol. The van der Waals surface area contributed by atoms with Gasteiger partial charge in [-0.25, -0.2) is 0 Å². The van der Waals surface area contributed by atoms with Crippen LogP contribution in [0.3, 0.4) is 0 Å². The minimum Gasteiger partial charge on any atom is -0.497 e. The molecule has 36 heavy (non-hydrogen) atoms. The van der Waals surface area contributed by atoms with Crippen molar-refractivity contribution >= 4 is 11.6 Å². The zero-order valence-corrected chi connectivity index (χ0v) is 21.2. The Hall–Kier alpha value is -3.65. The molecule has 2 heterocycles. The van der Waals surface area contributed by atoms with Crippen molar-refractivity contribution in [3.05, 3.63) is 72.2 Å². The molecule has 1 fully saturated rings. The highest BCUT2D eigenvalue weighted by molar-refractivity contribution is 5.94. The largest absolute Gasteiger partial charge is 0.497 e. The van der Waals surface area contributed by atoms with Gasteiger partial charge in [-0.05, 0) is 68.4 Å². The standard InChI is InChI=1S/C28H35N3O5/c1-4-34-26-13-8-21(19-27(26)35-5-2)28(32)29-20-24(25-7-6-18-36-25)31-16-14-30(15-17-31)22-9-11-23(33-3)12-10-22/h6-13,18-19,24H,4-5,14-17,20H2,1-3H3,(H,29,32). The van der Waals surface area contributed by atoms with Gasteiger partial charge in [-0.15, -0.1) is 0 Å². The molecule has 1 atom stereocenters. The third-order valence-corrected chi connectivity index (χ3v) is 6.33. The van der Waals surface area contributed by atoms with Crippen LogP contribution in [0.4, 0.5) is 5.69 Å². The summed E-state index contributed by atoms with van der Waals surface area (Å²) < 4.78 is 22.3. The molecule has 0 radical (unpaired) electrons. The van der Waals surface area contributed by atoms with Gasteiger partial charge in [0.1, 0.15) is 11.5 Å². The number of ether oxygens (including phenoxy) is 3. The molecule has 1 aromatic heterocycles. The number of nitrogens with zero attached hydrogens (tertiary/aromatic N) is 2. The van der Waals surface area contributed by atoms with E-state index in [2.05, 4.69) is 27.2 Å². The summed E-state index contributed by atoms with van der Waals surface area (Å²) in [6.07, 6.45) is 1.68. The third-order valence-electron chi connectivity index (χ3n) is 6.33. The van der Waals surface area contributed by atoms with E-state index in [0.717, 1.165) is 37.7 Å². The average Bonchev–Trinajstić information content (AvgIpc) is 3.45. The summed E-state index contributed by atoms with van der Waals surface area (Å²) in [4.78, 5) is 17.8. The van der Waals surface area contributed by atoms with Gasteiger partial charge in [0.2, 0.25) is 0 Å². The van der Waals surface area contributed by atoms with E-state index in [9.17, 15) is 4.79 Å².